The smallest absolute Gasteiger partial charge is 0.198 e. The van der Waals surface area contributed by atoms with Crippen LogP contribution in [0.15, 0.2) is 24.3 Å². The van der Waals surface area contributed by atoms with E-state index in [-0.39, 0.29) is 6.04 Å². The molecule has 1 saturated heterocycles. The van der Waals surface area contributed by atoms with E-state index in [1.807, 2.05) is 19.1 Å². The zero-order valence-electron chi connectivity index (χ0n) is 11.0. The third kappa shape index (κ3) is 3.92. The summed E-state index contributed by atoms with van der Waals surface area (Å²) in [6.07, 6.45) is 2.97. The van der Waals surface area contributed by atoms with Crippen LogP contribution >= 0.6 is 11.6 Å². The Morgan fingerprint density at radius 1 is 1.32 bits per heavy atom. The van der Waals surface area contributed by atoms with Crippen molar-refractivity contribution < 1.29 is 8.42 Å². The fourth-order valence-electron chi connectivity index (χ4n) is 2.29. The summed E-state index contributed by atoms with van der Waals surface area (Å²) in [6.45, 7) is 2.86. The zero-order valence-corrected chi connectivity index (χ0v) is 12.5. The first-order chi connectivity index (χ1) is 8.99. The van der Waals surface area contributed by atoms with E-state index in [1.54, 1.807) is 16.4 Å². The number of halogens is 1. The molecule has 4 nitrogen and oxygen atoms in total. The number of nitrogens with one attached hydrogen (secondary N) is 1. The molecule has 0 bridgehead atoms. The van der Waals surface area contributed by atoms with Gasteiger partial charge in [-0.15, -0.1) is 0 Å². The summed E-state index contributed by atoms with van der Waals surface area (Å²) in [4.78, 5) is 0. The maximum atomic E-state index is 12.2. The van der Waals surface area contributed by atoms with Crippen LogP contribution in [0.4, 0.5) is 0 Å². The summed E-state index contributed by atoms with van der Waals surface area (Å²) in [5.74, 6) is 0. The first kappa shape index (κ1) is 14.8. The molecule has 1 atom stereocenters. The van der Waals surface area contributed by atoms with Gasteiger partial charge in [0.05, 0.1) is 0 Å². The van der Waals surface area contributed by atoms with Gasteiger partial charge in [0.1, 0.15) is 0 Å². The van der Waals surface area contributed by atoms with Gasteiger partial charge in [0.15, 0.2) is 0 Å². The Balaban J connectivity index is 1.99. The summed E-state index contributed by atoms with van der Waals surface area (Å²) in [5, 5.41) is 0.649. The minimum absolute atomic E-state index is 0.0801. The second kappa shape index (κ2) is 6.22. The topological polar surface area (TPSA) is 49.4 Å². The van der Waals surface area contributed by atoms with E-state index < -0.39 is 10.2 Å². The van der Waals surface area contributed by atoms with Gasteiger partial charge in [-0.3, -0.25) is 0 Å². The van der Waals surface area contributed by atoms with Crippen LogP contribution in [0, 0.1) is 0 Å². The van der Waals surface area contributed by atoms with Crippen LogP contribution < -0.4 is 4.72 Å². The fraction of sp³-hybridized carbons (Fsp3) is 0.538. The van der Waals surface area contributed by atoms with Gasteiger partial charge in [-0.1, -0.05) is 30.2 Å². The Labute approximate surface area is 119 Å². The van der Waals surface area contributed by atoms with Gasteiger partial charge < -0.3 is 0 Å². The van der Waals surface area contributed by atoms with Crippen LogP contribution in [0.3, 0.4) is 0 Å². The van der Waals surface area contributed by atoms with Crippen molar-refractivity contribution in [3.05, 3.63) is 34.9 Å². The molecule has 0 aliphatic carbocycles. The average Bonchev–Trinajstić information content (AvgIpc) is 2.38. The van der Waals surface area contributed by atoms with Gasteiger partial charge in [-0.2, -0.15) is 17.4 Å². The molecule has 1 aromatic carbocycles. The molecule has 1 heterocycles. The quantitative estimate of drug-likeness (QED) is 0.929. The number of benzene rings is 1. The number of hydrogen-bond donors (Lipinski definition) is 1. The molecule has 0 aromatic heterocycles. The monoisotopic (exact) mass is 302 g/mol. The van der Waals surface area contributed by atoms with Crippen LogP contribution in [-0.2, 0) is 16.8 Å². The van der Waals surface area contributed by atoms with E-state index >= 15 is 0 Å². The summed E-state index contributed by atoms with van der Waals surface area (Å²) in [7, 11) is -3.39. The SMILES string of the molecule is CC1CCCCN1S(=O)(=O)NCc1ccc(Cl)cc1. The Hall–Kier alpha value is -0.620. The van der Waals surface area contributed by atoms with E-state index in [0.29, 0.717) is 18.1 Å². The maximum absolute atomic E-state index is 12.2. The minimum atomic E-state index is -3.39. The van der Waals surface area contributed by atoms with E-state index in [9.17, 15) is 8.42 Å². The predicted molar refractivity (Wildman–Crippen MR) is 77.2 cm³/mol. The third-order valence-electron chi connectivity index (χ3n) is 3.42. The van der Waals surface area contributed by atoms with Crippen molar-refractivity contribution in [1.82, 2.24) is 9.03 Å². The van der Waals surface area contributed by atoms with Gasteiger partial charge in [0.25, 0.3) is 10.2 Å². The molecular formula is C13H19ClN2O2S. The fourth-order valence-corrected chi connectivity index (χ4v) is 3.88. The highest BCUT2D eigenvalue weighted by atomic mass is 35.5. The summed E-state index contributed by atoms with van der Waals surface area (Å²) in [5.41, 5.74) is 0.901. The van der Waals surface area contributed by atoms with Crippen LogP contribution in [0.5, 0.6) is 0 Å². The molecule has 1 N–H and O–H groups in total. The number of piperidine rings is 1. The van der Waals surface area contributed by atoms with Gasteiger partial charge >= 0.3 is 0 Å². The number of nitrogens with zero attached hydrogens (tertiary/aromatic N) is 1. The molecule has 1 fully saturated rings. The molecule has 2 rings (SSSR count). The normalized spacial score (nSPS) is 21.5. The summed E-state index contributed by atoms with van der Waals surface area (Å²) < 4.78 is 28.7. The van der Waals surface area contributed by atoms with Gasteiger partial charge in [-0.25, -0.2) is 0 Å². The standard InChI is InChI=1S/C13H19ClN2O2S/c1-11-4-2-3-9-16(11)19(17,18)15-10-12-5-7-13(14)8-6-12/h5-8,11,15H,2-4,9-10H2,1H3. The van der Waals surface area contributed by atoms with Crippen molar-refractivity contribution in [3.63, 3.8) is 0 Å². The van der Waals surface area contributed by atoms with Crippen molar-refractivity contribution in [2.45, 2.75) is 38.8 Å². The van der Waals surface area contributed by atoms with Crippen LogP contribution in [0.1, 0.15) is 31.7 Å². The summed E-state index contributed by atoms with van der Waals surface area (Å²) in [6, 6.07) is 7.25. The predicted octanol–water partition coefficient (Wildman–Crippen LogP) is 2.55. The molecule has 0 spiro atoms. The first-order valence-electron chi connectivity index (χ1n) is 6.50. The molecule has 1 unspecified atom stereocenters. The average molecular weight is 303 g/mol. The van der Waals surface area contributed by atoms with Gasteiger partial charge in [-0.05, 0) is 37.5 Å². The second-order valence-electron chi connectivity index (χ2n) is 4.91. The number of hydrogen-bond acceptors (Lipinski definition) is 2. The zero-order chi connectivity index (χ0) is 13.9. The molecule has 6 heteroatoms. The summed E-state index contributed by atoms with van der Waals surface area (Å²) >= 11 is 5.80. The van der Waals surface area contributed by atoms with Crippen LogP contribution in [0.2, 0.25) is 5.02 Å². The van der Waals surface area contributed by atoms with Gasteiger partial charge in [0, 0.05) is 24.2 Å². The minimum Gasteiger partial charge on any atom is -0.198 e. The molecule has 0 amide bonds. The molecule has 0 radical (unpaired) electrons. The first-order valence-corrected chi connectivity index (χ1v) is 8.32. The lowest BCUT2D eigenvalue weighted by Crippen LogP contribution is -2.47. The highest BCUT2D eigenvalue weighted by molar-refractivity contribution is 7.87. The highest BCUT2D eigenvalue weighted by Gasteiger charge is 2.28. The third-order valence-corrected chi connectivity index (χ3v) is 5.34. The van der Waals surface area contributed by atoms with Crippen molar-refractivity contribution in [2.75, 3.05) is 6.54 Å². The lowest BCUT2D eigenvalue weighted by molar-refractivity contribution is 0.265. The van der Waals surface area contributed by atoms with Crippen molar-refractivity contribution in [2.24, 2.45) is 0 Å². The largest absolute Gasteiger partial charge is 0.279 e. The van der Waals surface area contributed by atoms with Crippen LogP contribution in [-0.4, -0.2) is 25.3 Å². The molecule has 1 aliphatic heterocycles. The Morgan fingerprint density at radius 2 is 2.00 bits per heavy atom. The molecule has 106 valence electrons. The van der Waals surface area contributed by atoms with E-state index in [0.717, 1.165) is 24.8 Å². The Bertz CT molecular complexity index is 516. The van der Waals surface area contributed by atoms with Crippen molar-refractivity contribution >= 4 is 21.8 Å². The van der Waals surface area contributed by atoms with E-state index in [2.05, 4.69) is 4.72 Å². The molecule has 19 heavy (non-hydrogen) atoms. The van der Waals surface area contributed by atoms with Crippen LogP contribution in [0.25, 0.3) is 0 Å². The van der Waals surface area contributed by atoms with E-state index in [4.69, 9.17) is 11.6 Å². The molecule has 1 aliphatic rings. The highest BCUT2D eigenvalue weighted by Crippen LogP contribution is 2.19. The lowest BCUT2D eigenvalue weighted by atomic mass is 10.1. The van der Waals surface area contributed by atoms with E-state index in [1.165, 1.54) is 0 Å². The lowest BCUT2D eigenvalue weighted by Gasteiger charge is -2.32. The number of rotatable bonds is 4. The Morgan fingerprint density at radius 3 is 2.63 bits per heavy atom. The molecular weight excluding hydrogens is 284 g/mol. The van der Waals surface area contributed by atoms with Gasteiger partial charge in [0.2, 0.25) is 0 Å². The molecule has 0 saturated carbocycles. The maximum Gasteiger partial charge on any atom is 0.279 e. The molecule has 1 aromatic rings. The Kier molecular flexibility index (Phi) is 4.84. The second-order valence-corrected chi connectivity index (χ2v) is 7.05. The van der Waals surface area contributed by atoms with Crippen molar-refractivity contribution in [3.8, 4) is 0 Å². The van der Waals surface area contributed by atoms with Crippen molar-refractivity contribution in [1.29, 1.82) is 0 Å².